The van der Waals surface area contributed by atoms with Gasteiger partial charge in [-0.05, 0) is 12.1 Å². The van der Waals surface area contributed by atoms with E-state index < -0.39 is 10.2 Å². The molecule has 2 rings (SSSR count). The van der Waals surface area contributed by atoms with Crippen molar-refractivity contribution in [3.05, 3.63) is 24.3 Å². The lowest BCUT2D eigenvalue weighted by Gasteiger charge is -2.18. The number of carbonyl (C=O) groups excluding carboxylic acids is 1. The molecule has 1 N–H and O–H groups in total. The Labute approximate surface area is 99.3 Å². The van der Waals surface area contributed by atoms with E-state index in [1.807, 2.05) is 0 Å². The molecule has 0 saturated carbocycles. The minimum Gasteiger partial charge on any atom is -0.508 e. The van der Waals surface area contributed by atoms with E-state index >= 15 is 0 Å². The second-order valence-electron chi connectivity index (χ2n) is 3.62. The Bertz CT molecular complexity index is 529. The van der Waals surface area contributed by atoms with Gasteiger partial charge in [-0.3, -0.25) is 4.31 Å². The van der Waals surface area contributed by atoms with E-state index in [4.69, 9.17) is 0 Å². The zero-order valence-electron chi connectivity index (χ0n) is 8.98. The second kappa shape index (κ2) is 4.34. The first-order chi connectivity index (χ1) is 8.05. The van der Waals surface area contributed by atoms with Crippen LogP contribution in [-0.4, -0.2) is 43.7 Å². The van der Waals surface area contributed by atoms with Crippen LogP contribution in [0.3, 0.4) is 0 Å². The number of rotatable bonds is 3. The third-order valence-corrected chi connectivity index (χ3v) is 4.49. The van der Waals surface area contributed by atoms with Gasteiger partial charge in [0.15, 0.2) is 0 Å². The van der Waals surface area contributed by atoms with E-state index in [0.29, 0.717) is 12.0 Å². The Morgan fingerprint density at radius 3 is 2.76 bits per heavy atom. The normalized spacial score (nSPS) is 19.4. The lowest BCUT2D eigenvalue weighted by Crippen LogP contribution is -2.34. The largest absolute Gasteiger partial charge is 0.508 e. The highest BCUT2D eigenvalue weighted by Crippen LogP contribution is 2.27. The summed E-state index contributed by atoms with van der Waals surface area (Å²) in [6.45, 7) is 0.411. The van der Waals surface area contributed by atoms with Crippen LogP contribution in [0.2, 0.25) is 0 Å². The van der Waals surface area contributed by atoms with Crippen LogP contribution in [0.15, 0.2) is 24.3 Å². The number of hydrogen-bond acceptors (Lipinski definition) is 4. The highest BCUT2D eigenvalue weighted by atomic mass is 32.2. The van der Waals surface area contributed by atoms with Crippen molar-refractivity contribution < 1.29 is 18.3 Å². The van der Waals surface area contributed by atoms with Gasteiger partial charge in [0.2, 0.25) is 0 Å². The summed E-state index contributed by atoms with van der Waals surface area (Å²) in [5.74, 6) is 0.00605. The van der Waals surface area contributed by atoms with Gasteiger partial charge in [0.1, 0.15) is 12.0 Å². The zero-order valence-corrected chi connectivity index (χ0v) is 9.80. The molecular formula is C10H12N2O4S. The van der Waals surface area contributed by atoms with Crippen molar-refractivity contribution in [1.82, 2.24) is 4.31 Å². The van der Waals surface area contributed by atoms with Crippen molar-refractivity contribution in [2.24, 2.45) is 0 Å². The molecule has 0 radical (unpaired) electrons. The van der Waals surface area contributed by atoms with Gasteiger partial charge in [0.05, 0.1) is 12.2 Å². The molecule has 0 bridgehead atoms. The Morgan fingerprint density at radius 1 is 1.35 bits per heavy atom. The number of benzene rings is 1. The topological polar surface area (TPSA) is 77.9 Å². The summed E-state index contributed by atoms with van der Waals surface area (Å²) >= 11 is 0. The highest BCUT2D eigenvalue weighted by molar-refractivity contribution is 7.90. The number of phenolic OH excluding ortho intramolecular Hbond substituents is 1. The van der Waals surface area contributed by atoms with Gasteiger partial charge in [-0.2, -0.15) is 12.7 Å². The maximum absolute atomic E-state index is 12.0. The Kier molecular flexibility index (Phi) is 3.03. The average Bonchev–Trinajstić information content (AvgIpc) is 2.55. The molecule has 7 heteroatoms. The van der Waals surface area contributed by atoms with Gasteiger partial charge in [0, 0.05) is 19.2 Å². The molecule has 17 heavy (non-hydrogen) atoms. The Morgan fingerprint density at radius 2 is 2.12 bits per heavy atom. The van der Waals surface area contributed by atoms with Gasteiger partial charge < -0.3 is 9.90 Å². The average molecular weight is 256 g/mol. The van der Waals surface area contributed by atoms with Crippen molar-refractivity contribution in [3.63, 3.8) is 0 Å². The molecule has 92 valence electrons. The second-order valence-corrected chi connectivity index (χ2v) is 5.48. The summed E-state index contributed by atoms with van der Waals surface area (Å²) in [5, 5.41) is 9.32. The molecule has 1 aliphatic rings. The van der Waals surface area contributed by atoms with Crippen LogP contribution in [0.1, 0.15) is 0 Å². The molecular weight excluding hydrogens is 244 g/mol. The summed E-state index contributed by atoms with van der Waals surface area (Å²) in [7, 11) is -3.64. The molecule has 0 unspecified atom stereocenters. The summed E-state index contributed by atoms with van der Waals surface area (Å²) in [4.78, 5) is 10.4. The van der Waals surface area contributed by atoms with Crippen LogP contribution in [0.5, 0.6) is 5.75 Å². The van der Waals surface area contributed by atoms with E-state index in [9.17, 15) is 18.3 Å². The molecule has 1 saturated heterocycles. The molecule has 0 aromatic heterocycles. The molecule has 1 aromatic rings. The fourth-order valence-electron chi connectivity index (χ4n) is 1.75. The molecule has 1 heterocycles. The third kappa shape index (κ3) is 2.11. The number of anilines is 1. The first-order valence-corrected chi connectivity index (χ1v) is 6.46. The van der Waals surface area contributed by atoms with Gasteiger partial charge >= 0.3 is 10.2 Å². The number of nitrogens with zero attached hydrogens (tertiary/aromatic N) is 2. The zero-order chi connectivity index (χ0) is 12.5. The molecule has 0 aliphatic carbocycles. The monoisotopic (exact) mass is 256 g/mol. The quantitative estimate of drug-likeness (QED) is 0.770. The number of carbonyl (C=O) groups is 1. The van der Waals surface area contributed by atoms with Gasteiger partial charge in [-0.1, -0.05) is 6.07 Å². The fraction of sp³-hybridized carbons (Fsp3) is 0.300. The first-order valence-electron chi connectivity index (χ1n) is 5.06. The molecule has 6 nitrogen and oxygen atoms in total. The van der Waals surface area contributed by atoms with Crippen LogP contribution in [0.25, 0.3) is 0 Å². The van der Waals surface area contributed by atoms with Crippen LogP contribution in [0.4, 0.5) is 5.69 Å². The van der Waals surface area contributed by atoms with Crippen molar-refractivity contribution in [2.75, 3.05) is 23.9 Å². The van der Waals surface area contributed by atoms with E-state index in [2.05, 4.69) is 0 Å². The summed E-state index contributed by atoms with van der Waals surface area (Å²) in [6, 6.07) is 6.02. The maximum Gasteiger partial charge on any atom is 0.304 e. The van der Waals surface area contributed by atoms with Crippen molar-refractivity contribution in [2.45, 2.75) is 0 Å². The summed E-state index contributed by atoms with van der Waals surface area (Å²) in [5.41, 5.74) is 0.401. The molecule has 0 spiro atoms. The van der Waals surface area contributed by atoms with Crippen LogP contribution in [0, 0.1) is 0 Å². The SMILES string of the molecule is O=CCN1CCN(c2cccc(O)c2)S1(=O)=O. The molecule has 1 aromatic carbocycles. The summed E-state index contributed by atoms with van der Waals surface area (Å²) in [6.07, 6.45) is 0.559. The summed E-state index contributed by atoms with van der Waals surface area (Å²) < 4.78 is 26.3. The lowest BCUT2D eigenvalue weighted by atomic mass is 10.3. The van der Waals surface area contributed by atoms with E-state index in [-0.39, 0.29) is 25.4 Å². The predicted octanol–water partition coefficient (Wildman–Crippen LogP) is -0.0421. The first kappa shape index (κ1) is 11.9. The minimum absolute atomic E-state index is 0.00605. The maximum atomic E-state index is 12.0. The Balaban J connectivity index is 2.33. The number of aldehydes is 1. The van der Waals surface area contributed by atoms with E-state index in [1.165, 1.54) is 16.4 Å². The van der Waals surface area contributed by atoms with Crippen molar-refractivity contribution in [1.29, 1.82) is 0 Å². The number of aromatic hydroxyl groups is 1. The van der Waals surface area contributed by atoms with Crippen LogP contribution < -0.4 is 4.31 Å². The van der Waals surface area contributed by atoms with Crippen molar-refractivity contribution in [3.8, 4) is 5.75 Å². The van der Waals surface area contributed by atoms with Crippen molar-refractivity contribution >= 4 is 22.2 Å². The smallest absolute Gasteiger partial charge is 0.304 e. The van der Waals surface area contributed by atoms with E-state index in [0.717, 1.165) is 4.31 Å². The Hall–Kier alpha value is -1.60. The highest BCUT2D eigenvalue weighted by Gasteiger charge is 2.36. The molecule has 1 aliphatic heterocycles. The van der Waals surface area contributed by atoms with Crippen LogP contribution in [-0.2, 0) is 15.0 Å². The number of phenols is 1. The lowest BCUT2D eigenvalue weighted by molar-refractivity contribution is -0.108. The molecule has 1 fully saturated rings. The van der Waals surface area contributed by atoms with Gasteiger partial charge in [-0.15, -0.1) is 0 Å². The molecule has 0 amide bonds. The standard InChI is InChI=1S/C10H12N2O4S/c13-7-6-11-4-5-12(17(11,15)16)9-2-1-3-10(14)8-9/h1-3,7-8,14H,4-6H2. The third-order valence-electron chi connectivity index (χ3n) is 2.55. The van der Waals surface area contributed by atoms with Gasteiger partial charge in [-0.25, -0.2) is 0 Å². The number of hydrogen-bond donors (Lipinski definition) is 1. The fourth-order valence-corrected chi connectivity index (χ4v) is 3.28. The molecule has 0 atom stereocenters. The minimum atomic E-state index is -3.64. The predicted molar refractivity (Wildman–Crippen MR) is 62.0 cm³/mol. The van der Waals surface area contributed by atoms with Crippen LogP contribution >= 0.6 is 0 Å². The van der Waals surface area contributed by atoms with E-state index in [1.54, 1.807) is 12.1 Å². The van der Waals surface area contributed by atoms with Gasteiger partial charge in [0.25, 0.3) is 0 Å².